The first-order chi connectivity index (χ1) is 7.16. The van der Waals surface area contributed by atoms with Gasteiger partial charge in [0.2, 0.25) is 0 Å². The highest BCUT2D eigenvalue weighted by Crippen LogP contribution is 2.00. The summed E-state index contributed by atoms with van der Waals surface area (Å²) in [4.78, 5) is 14.7. The minimum Gasteiger partial charge on any atom is -0.476 e. The molecule has 0 atom stereocenters. The predicted molar refractivity (Wildman–Crippen MR) is 51.5 cm³/mol. The molecule has 6 heteroatoms. The van der Waals surface area contributed by atoms with E-state index in [9.17, 15) is 4.79 Å². The first-order valence-corrected chi connectivity index (χ1v) is 4.40. The van der Waals surface area contributed by atoms with Crippen LogP contribution < -0.4 is 0 Å². The Hall–Kier alpha value is -2.11. The Morgan fingerprint density at radius 3 is 2.87 bits per heavy atom. The van der Waals surface area contributed by atoms with E-state index in [1.165, 1.54) is 6.07 Å². The lowest BCUT2D eigenvalue weighted by Gasteiger charge is -2.01. The first kappa shape index (κ1) is 9.45. The van der Waals surface area contributed by atoms with E-state index in [-0.39, 0.29) is 5.69 Å². The van der Waals surface area contributed by atoms with Crippen molar-refractivity contribution in [1.29, 1.82) is 0 Å². The van der Waals surface area contributed by atoms with E-state index in [1.807, 2.05) is 17.8 Å². The van der Waals surface area contributed by atoms with Gasteiger partial charge in [0.25, 0.3) is 0 Å². The van der Waals surface area contributed by atoms with Gasteiger partial charge < -0.3 is 9.67 Å². The van der Waals surface area contributed by atoms with Gasteiger partial charge in [-0.15, -0.1) is 0 Å². The first-order valence-electron chi connectivity index (χ1n) is 4.40. The van der Waals surface area contributed by atoms with Crippen LogP contribution in [0.4, 0.5) is 0 Å². The van der Waals surface area contributed by atoms with Gasteiger partial charge in [-0.3, -0.25) is 4.68 Å². The molecule has 2 aromatic heterocycles. The molecule has 6 nitrogen and oxygen atoms in total. The minimum absolute atomic E-state index is 0.0456. The van der Waals surface area contributed by atoms with Crippen molar-refractivity contribution >= 4 is 5.97 Å². The Kier molecular flexibility index (Phi) is 2.24. The maximum Gasteiger partial charge on any atom is 0.356 e. The Labute approximate surface area is 85.8 Å². The number of carbonyl (C=O) groups is 1. The van der Waals surface area contributed by atoms with Gasteiger partial charge in [-0.05, 0) is 6.07 Å². The van der Waals surface area contributed by atoms with Crippen molar-refractivity contribution in [3.63, 3.8) is 0 Å². The molecule has 0 spiro atoms. The van der Waals surface area contributed by atoms with Gasteiger partial charge in [-0.2, -0.15) is 5.10 Å². The van der Waals surface area contributed by atoms with Gasteiger partial charge in [0.15, 0.2) is 5.69 Å². The molecule has 0 bridgehead atoms. The van der Waals surface area contributed by atoms with Gasteiger partial charge in [0.05, 0.1) is 6.54 Å². The normalized spacial score (nSPS) is 10.5. The molecule has 0 saturated heterocycles. The molecule has 1 N–H and O–H groups in total. The van der Waals surface area contributed by atoms with Crippen molar-refractivity contribution in [3.05, 3.63) is 36.2 Å². The molecule has 0 radical (unpaired) electrons. The summed E-state index contributed by atoms with van der Waals surface area (Å²) in [5, 5.41) is 12.6. The van der Waals surface area contributed by atoms with E-state index >= 15 is 0 Å². The molecule has 0 aliphatic heterocycles. The number of nitrogens with zero attached hydrogens (tertiary/aromatic N) is 4. The highest BCUT2D eigenvalue weighted by molar-refractivity contribution is 5.84. The maximum atomic E-state index is 10.6. The van der Waals surface area contributed by atoms with Crippen LogP contribution in [-0.4, -0.2) is 30.4 Å². The molecule has 0 saturated carbocycles. The zero-order chi connectivity index (χ0) is 10.8. The summed E-state index contributed by atoms with van der Waals surface area (Å²) in [6.07, 6.45) is 5.14. The van der Waals surface area contributed by atoms with Crippen LogP contribution in [0.25, 0.3) is 0 Å². The molecule has 0 aliphatic rings. The topological polar surface area (TPSA) is 72.9 Å². The van der Waals surface area contributed by atoms with Gasteiger partial charge in [-0.25, -0.2) is 9.78 Å². The lowest BCUT2D eigenvalue weighted by molar-refractivity contribution is 0.0689. The summed E-state index contributed by atoms with van der Waals surface area (Å²) in [5.41, 5.74) is 0.0456. The fourth-order valence-electron chi connectivity index (χ4n) is 1.26. The summed E-state index contributed by atoms with van der Waals surface area (Å²) >= 11 is 0. The Bertz CT molecular complexity index is 486. The smallest absolute Gasteiger partial charge is 0.356 e. The van der Waals surface area contributed by atoms with Crippen LogP contribution in [0.15, 0.2) is 24.7 Å². The van der Waals surface area contributed by atoms with Crippen LogP contribution in [0.3, 0.4) is 0 Å². The van der Waals surface area contributed by atoms with Crippen molar-refractivity contribution in [2.24, 2.45) is 7.05 Å². The average molecular weight is 206 g/mol. The number of hydrogen-bond donors (Lipinski definition) is 1. The fraction of sp³-hybridized carbons (Fsp3) is 0.222. The number of imidazole rings is 1. The molecule has 0 amide bonds. The monoisotopic (exact) mass is 206 g/mol. The molecule has 2 rings (SSSR count). The maximum absolute atomic E-state index is 10.6. The Morgan fingerprint density at radius 2 is 2.33 bits per heavy atom. The van der Waals surface area contributed by atoms with Gasteiger partial charge in [0, 0.05) is 25.6 Å². The van der Waals surface area contributed by atoms with Crippen LogP contribution in [0.1, 0.15) is 16.3 Å². The Balaban J connectivity index is 2.18. The van der Waals surface area contributed by atoms with E-state index < -0.39 is 5.97 Å². The summed E-state index contributed by atoms with van der Waals surface area (Å²) in [7, 11) is 1.88. The third kappa shape index (κ3) is 1.88. The molecule has 2 aromatic rings. The second-order valence-electron chi connectivity index (χ2n) is 3.16. The van der Waals surface area contributed by atoms with Crippen LogP contribution in [0.2, 0.25) is 0 Å². The number of aryl methyl sites for hydroxylation is 1. The second kappa shape index (κ2) is 3.56. The highest BCUT2D eigenvalue weighted by atomic mass is 16.4. The average Bonchev–Trinajstić information content (AvgIpc) is 2.77. The molecular weight excluding hydrogens is 196 g/mol. The van der Waals surface area contributed by atoms with Crippen LogP contribution in [0.5, 0.6) is 0 Å². The summed E-state index contributed by atoms with van der Waals surface area (Å²) in [5.74, 6) is -0.191. The number of aromatic nitrogens is 4. The van der Waals surface area contributed by atoms with Crippen LogP contribution >= 0.6 is 0 Å². The zero-order valence-electron chi connectivity index (χ0n) is 8.16. The largest absolute Gasteiger partial charge is 0.476 e. The second-order valence-corrected chi connectivity index (χ2v) is 3.16. The third-order valence-electron chi connectivity index (χ3n) is 2.08. The van der Waals surface area contributed by atoms with E-state index in [0.717, 1.165) is 5.82 Å². The van der Waals surface area contributed by atoms with Crippen molar-refractivity contribution in [1.82, 2.24) is 19.3 Å². The van der Waals surface area contributed by atoms with Crippen molar-refractivity contribution < 1.29 is 9.90 Å². The standard InChI is InChI=1S/C9H10N4O2/c1-12-5-3-10-8(12)6-13-4-2-7(11-13)9(14)15/h2-5H,6H2,1H3,(H,14,15). The quantitative estimate of drug-likeness (QED) is 0.787. The number of carboxylic acid groups (broad SMARTS) is 1. The van der Waals surface area contributed by atoms with Crippen molar-refractivity contribution in [2.45, 2.75) is 6.54 Å². The van der Waals surface area contributed by atoms with E-state index in [2.05, 4.69) is 10.1 Å². The molecule has 78 valence electrons. The molecule has 0 unspecified atom stereocenters. The third-order valence-corrected chi connectivity index (χ3v) is 2.08. The molecular formula is C9H10N4O2. The molecule has 2 heterocycles. The molecule has 0 aromatic carbocycles. The van der Waals surface area contributed by atoms with Crippen LogP contribution in [0, 0.1) is 0 Å². The van der Waals surface area contributed by atoms with E-state index in [0.29, 0.717) is 6.54 Å². The van der Waals surface area contributed by atoms with Gasteiger partial charge in [0.1, 0.15) is 5.82 Å². The summed E-state index contributed by atoms with van der Waals surface area (Å²) in [6.45, 7) is 0.469. The highest BCUT2D eigenvalue weighted by Gasteiger charge is 2.07. The van der Waals surface area contributed by atoms with E-state index in [4.69, 9.17) is 5.11 Å². The van der Waals surface area contributed by atoms with Gasteiger partial charge >= 0.3 is 5.97 Å². The number of hydrogen-bond acceptors (Lipinski definition) is 3. The predicted octanol–water partition coefficient (Wildman–Crippen LogP) is 0.363. The van der Waals surface area contributed by atoms with Gasteiger partial charge in [-0.1, -0.05) is 0 Å². The molecule has 0 fully saturated rings. The van der Waals surface area contributed by atoms with Crippen LogP contribution in [-0.2, 0) is 13.6 Å². The SMILES string of the molecule is Cn1ccnc1Cn1ccc(C(=O)O)n1. The summed E-state index contributed by atoms with van der Waals surface area (Å²) in [6, 6.07) is 1.46. The lowest BCUT2D eigenvalue weighted by atomic mass is 10.5. The number of aromatic carboxylic acids is 1. The summed E-state index contributed by atoms with van der Waals surface area (Å²) < 4.78 is 3.41. The number of rotatable bonds is 3. The van der Waals surface area contributed by atoms with Crippen molar-refractivity contribution in [2.75, 3.05) is 0 Å². The lowest BCUT2D eigenvalue weighted by Crippen LogP contribution is -2.07. The fourth-order valence-corrected chi connectivity index (χ4v) is 1.26. The molecule has 0 aliphatic carbocycles. The molecule has 15 heavy (non-hydrogen) atoms. The number of carboxylic acids is 1. The Morgan fingerprint density at radius 1 is 1.53 bits per heavy atom. The zero-order valence-corrected chi connectivity index (χ0v) is 8.16. The van der Waals surface area contributed by atoms with E-state index in [1.54, 1.807) is 17.1 Å². The van der Waals surface area contributed by atoms with Crippen molar-refractivity contribution in [3.8, 4) is 0 Å². The minimum atomic E-state index is -1.02.